The minimum Gasteiger partial charge on any atom is -0.494 e. The molecule has 0 radical (unpaired) electrons. The van der Waals surface area contributed by atoms with Gasteiger partial charge in [-0.3, -0.25) is 4.79 Å². The maximum Gasteiger partial charge on any atom is 0.339 e. The van der Waals surface area contributed by atoms with Crippen LogP contribution in [-0.2, 0) is 9.53 Å². The number of methoxy groups -OCH3 is 1. The molecule has 0 aromatic heterocycles. The van der Waals surface area contributed by atoms with E-state index in [1.807, 2.05) is 0 Å². The predicted molar refractivity (Wildman–Crippen MR) is 87.9 cm³/mol. The van der Waals surface area contributed by atoms with Crippen molar-refractivity contribution >= 4 is 29.2 Å². The summed E-state index contributed by atoms with van der Waals surface area (Å²) >= 11 is 5.76. The van der Waals surface area contributed by atoms with Crippen molar-refractivity contribution in [3.63, 3.8) is 0 Å². The topological polar surface area (TPSA) is 64.6 Å². The van der Waals surface area contributed by atoms with E-state index in [2.05, 4.69) is 5.32 Å². The van der Waals surface area contributed by atoms with Crippen LogP contribution in [0.1, 0.15) is 17.3 Å². The van der Waals surface area contributed by atoms with E-state index in [0.29, 0.717) is 10.7 Å². The van der Waals surface area contributed by atoms with Crippen molar-refractivity contribution < 1.29 is 23.5 Å². The zero-order valence-electron chi connectivity index (χ0n) is 13.0. The van der Waals surface area contributed by atoms with Gasteiger partial charge in [0.15, 0.2) is 17.7 Å². The number of nitrogens with one attached hydrogen (secondary N) is 1. The van der Waals surface area contributed by atoms with Crippen LogP contribution in [0.25, 0.3) is 0 Å². The number of anilines is 1. The number of amides is 1. The van der Waals surface area contributed by atoms with Crippen LogP contribution in [-0.4, -0.2) is 25.1 Å². The van der Waals surface area contributed by atoms with Crippen LogP contribution < -0.4 is 10.1 Å². The van der Waals surface area contributed by atoms with Crippen molar-refractivity contribution in [1.29, 1.82) is 0 Å². The van der Waals surface area contributed by atoms with Gasteiger partial charge in [0.1, 0.15) is 0 Å². The third-order valence-corrected chi connectivity index (χ3v) is 3.40. The van der Waals surface area contributed by atoms with Crippen LogP contribution >= 0.6 is 11.6 Å². The molecule has 0 aliphatic carbocycles. The lowest BCUT2D eigenvalue weighted by molar-refractivity contribution is -0.123. The van der Waals surface area contributed by atoms with Gasteiger partial charge in [-0.2, -0.15) is 0 Å². The number of hydrogen-bond donors (Lipinski definition) is 1. The van der Waals surface area contributed by atoms with Crippen LogP contribution in [0.3, 0.4) is 0 Å². The molecule has 24 heavy (non-hydrogen) atoms. The molecule has 2 aromatic carbocycles. The van der Waals surface area contributed by atoms with Crippen LogP contribution in [0.4, 0.5) is 10.1 Å². The summed E-state index contributed by atoms with van der Waals surface area (Å²) in [6.07, 6.45) is -1.06. The SMILES string of the molecule is COc1ccc(C(=O)O[C@@H](C)C(=O)Nc2ccc(Cl)cc2)cc1F. The predicted octanol–water partition coefficient (Wildman–Crippen LogP) is 3.67. The number of ether oxygens (including phenoxy) is 2. The first kappa shape index (κ1) is 17.7. The maximum atomic E-state index is 13.6. The number of halogens is 2. The lowest BCUT2D eigenvalue weighted by atomic mass is 10.2. The van der Waals surface area contributed by atoms with E-state index >= 15 is 0 Å². The summed E-state index contributed by atoms with van der Waals surface area (Å²) in [6.45, 7) is 1.42. The third-order valence-electron chi connectivity index (χ3n) is 3.15. The number of esters is 1. The summed E-state index contributed by atoms with van der Waals surface area (Å²) in [5.74, 6) is -2.00. The molecule has 126 valence electrons. The highest BCUT2D eigenvalue weighted by atomic mass is 35.5. The normalized spacial score (nSPS) is 11.5. The van der Waals surface area contributed by atoms with Crippen molar-refractivity contribution in [2.24, 2.45) is 0 Å². The summed E-state index contributed by atoms with van der Waals surface area (Å²) in [5, 5.41) is 3.12. The molecule has 0 saturated carbocycles. The molecule has 1 N–H and O–H groups in total. The average Bonchev–Trinajstić information content (AvgIpc) is 2.56. The number of carbonyl (C=O) groups is 2. The molecule has 1 atom stereocenters. The van der Waals surface area contributed by atoms with Gasteiger partial charge in [0, 0.05) is 10.7 Å². The van der Waals surface area contributed by atoms with Crippen LogP contribution in [0.2, 0.25) is 5.02 Å². The maximum absolute atomic E-state index is 13.6. The first-order valence-electron chi connectivity index (χ1n) is 7.01. The van der Waals surface area contributed by atoms with E-state index in [0.717, 1.165) is 6.07 Å². The minimum absolute atomic E-state index is 0.0140. The van der Waals surface area contributed by atoms with Gasteiger partial charge in [-0.1, -0.05) is 11.6 Å². The lowest BCUT2D eigenvalue weighted by Gasteiger charge is -2.14. The van der Waals surface area contributed by atoms with Crippen LogP contribution in [0, 0.1) is 5.82 Å². The molecule has 0 fully saturated rings. The Bertz CT molecular complexity index is 749. The Balaban J connectivity index is 1.98. The van der Waals surface area contributed by atoms with Crippen molar-refractivity contribution in [2.45, 2.75) is 13.0 Å². The fourth-order valence-electron chi connectivity index (χ4n) is 1.85. The third kappa shape index (κ3) is 4.45. The highest BCUT2D eigenvalue weighted by molar-refractivity contribution is 6.30. The summed E-state index contributed by atoms with van der Waals surface area (Å²) in [4.78, 5) is 24.0. The Hall–Kier alpha value is -2.60. The molecule has 0 spiro atoms. The molecule has 7 heteroatoms. The summed E-state index contributed by atoms with van der Waals surface area (Å²) in [5.41, 5.74) is 0.502. The largest absolute Gasteiger partial charge is 0.494 e. The molecule has 5 nitrogen and oxygen atoms in total. The smallest absolute Gasteiger partial charge is 0.339 e. The molecule has 0 aliphatic rings. The highest BCUT2D eigenvalue weighted by Crippen LogP contribution is 2.19. The van der Waals surface area contributed by atoms with Gasteiger partial charge in [-0.05, 0) is 49.4 Å². The molecular formula is C17H15ClFNO4. The zero-order chi connectivity index (χ0) is 17.7. The minimum atomic E-state index is -1.06. The summed E-state index contributed by atoms with van der Waals surface area (Å²) in [7, 11) is 1.32. The molecule has 0 heterocycles. The second-order valence-corrected chi connectivity index (χ2v) is 5.33. The Morgan fingerprint density at radius 3 is 2.42 bits per heavy atom. The van der Waals surface area contributed by atoms with Gasteiger partial charge in [-0.25, -0.2) is 9.18 Å². The fraction of sp³-hybridized carbons (Fsp3) is 0.176. The van der Waals surface area contributed by atoms with Gasteiger partial charge in [0.25, 0.3) is 5.91 Å². The van der Waals surface area contributed by atoms with E-state index in [1.165, 1.54) is 26.2 Å². The van der Waals surface area contributed by atoms with Gasteiger partial charge >= 0.3 is 5.97 Å². The molecule has 2 aromatic rings. The molecule has 0 saturated heterocycles. The Labute approximate surface area is 143 Å². The molecule has 2 rings (SSSR count). The molecule has 1 amide bonds. The van der Waals surface area contributed by atoms with Crippen LogP contribution in [0.15, 0.2) is 42.5 Å². The fourth-order valence-corrected chi connectivity index (χ4v) is 1.98. The van der Waals surface area contributed by atoms with Crippen molar-refractivity contribution in [3.8, 4) is 5.75 Å². The molecule has 0 bridgehead atoms. The molecule has 0 aliphatic heterocycles. The van der Waals surface area contributed by atoms with Crippen molar-refractivity contribution in [1.82, 2.24) is 0 Å². The van der Waals surface area contributed by atoms with Gasteiger partial charge in [-0.15, -0.1) is 0 Å². The first-order valence-corrected chi connectivity index (χ1v) is 7.39. The average molecular weight is 352 g/mol. The standard InChI is InChI=1S/C17H15ClFNO4/c1-10(16(21)20-13-6-4-12(18)5-7-13)24-17(22)11-3-8-15(23-2)14(19)9-11/h3-10H,1-2H3,(H,20,21)/t10-/m0/s1. The van der Waals surface area contributed by atoms with E-state index in [9.17, 15) is 14.0 Å². The number of rotatable bonds is 5. The van der Waals surface area contributed by atoms with Gasteiger partial charge in [0.2, 0.25) is 0 Å². The monoisotopic (exact) mass is 351 g/mol. The lowest BCUT2D eigenvalue weighted by Crippen LogP contribution is -2.30. The number of carbonyl (C=O) groups excluding carboxylic acids is 2. The molecular weight excluding hydrogens is 337 g/mol. The quantitative estimate of drug-likeness (QED) is 0.835. The van der Waals surface area contributed by atoms with Gasteiger partial charge < -0.3 is 14.8 Å². The zero-order valence-corrected chi connectivity index (χ0v) is 13.8. The second kappa shape index (κ2) is 7.79. The number of benzene rings is 2. The second-order valence-electron chi connectivity index (χ2n) is 4.89. The molecule has 0 unspecified atom stereocenters. The Morgan fingerprint density at radius 2 is 1.83 bits per heavy atom. The Morgan fingerprint density at radius 1 is 1.17 bits per heavy atom. The van der Waals surface area contributed by atoms with E-state index in [4.69, 9.17) is 21.1 Å². The number of hydrogen-bond acceptors (Lipinski definition) is 4. The van der Waals surface area contributed by atoms with E-state index < -0.39 is 23.8 Å². The summed E-state index contributed by atoms with van der Waals surface area (Å²) in [6, 6.07) is 10.1. The van der Waals surface area contributed by atoms with E-state index in [1.54, 1.807) is 24.3 Å². The van der Waals surface area contributed by atoms with Crippen molar-refractivity contribution in [3.05, 3.63) is 58.9 Å². The van der Waals surface area contributed by atoms with Crippen LogP contribution in [0.5, 0.6) is 5.75 Å². The summed E-state index contributed by atoms with van der Waals surface area (Å²) < 4.78 is 23.4. The van der Waals surface area contributed by atoms with E-state index in [-0.39, 0.29) is 11.3 Å². The first-order chi connectivity index (χ1) is 11.4. The highest BCUT2D eigenvalue weighted by Gasteiger charge is 2.20. The van der Waals surface area contributed by atoms with Gasteiger partial charge in [0.05, 0.1) is 12.7 Å². The van der Waals surface area contributed by atoms with Crippen molar-refractivity contribution in [2.75, 3.05) is 12.4 Å². The Kier molecular flexibility index (Phi) is 5.76.